The molecule has 2 heterocycles. The van der Waals surface area contributed by atoms with E-state index in [1.807, 2.05) is 32.0 Å². The Morgan fingerprint density at radius 3 is 2.76 bits per heavy atom. The Kier molecular flexibility index (Phi) is 3.51. The first-order valence-corrected chi connectivity index (χ1v) is 7.32. The van der Waals surface area contributed by atoms with Crippen molar-refractivity contribution in [3.63, 3.8) is 0 Å². The maximum absolute atomic E-state index is 14.3. The highest BCUT2D eigenvalue weighted by atomic mass is 32.2. The van der Waals surface area contributed by atoms with Gasteiger partial charge in [-0.2, -0.15) is 0 Å². The van der Waals surface area contributed by atoms with Crippen molar-refractivity contribution < 1.29 is 4.39 Å². The minimum atomic E-state index is -0.371. The van der Waals surface area contributed by atoms with Gasteiger partial charge in [-0.05, 0) is 49.7 Å². The van der Waals surface area contributed by atoms with E-state index in [1.165, 1.54) is 17.8 Å². The van der Waals surface area contributed by atoms with Gasteiger partial charge >= 0.3 is 0 Å². The molecule has 0 saturated heterocycles. The Morgan fingerprint density at radius 1 is 1.19 bits per heavy atom. The monoisotopic (exact) mass is 299 g/mol. The number of anilines is 1. The lowest BCUT2D eigenvalue weighted by Gasteiger charge is -2.09. The van der Waals surface area contributed by atoms with Gasteiger partial charge in [0.1, 0.15) is 10.8 Å². The zero-order valence-corrected chi connectivity index (χ0v) is 12.5. The van der Waals surface area contributed by atoms with Crippen LogP contribution >= 0.6 is 11.8 Å². The van der Waals surface area contributed by atoms with E-state index in [9.17, 15) is 4.39 Å². The summed E-state index contributed by atoms with van der Waals surface area (Å²) < 4.78 is 14.3. The second kappa shape index (κ2) is 5.33. The van der Waals surface area contributed by atoms with Gasteiger partial charge in [-0.3, -0.25) is 4.98 Å². The van der Waals surface area contributed by atoms with Crippen LogP contribution in [-0.4, -0.2) is 9.97 Å². The minimum Gasteiger partial charge on any atom is -0.398 e. The third-order valence-corrected chi connectivity index (χ3v) is 4.12. The molecule has 0 radical (unpaired) electrons. The van der Waals surface area contributed by atoms with Crippen LogP contribution in [0.1, 0.15) is 11.3 Å². The quantitative estimate of drug-likeness (QED) is 0.723. The highest BCUT2D eigenvalue weighted by molar-refractivity contribution is 7.99. The standard InChI is InChI=1S/C16H14FN3S/c1-9-6-10(2)20-14(7-9)21-16-12(17)8-13(18)11-4-3-5-19-15(11)16/h3-8H,18H2,1-2H3. The van der Waals surface area contributed by atoms with E-state index >= 15 is 0 Å². The van der Waals surface area contributed by atoms with Gasteiger partial charge in [0, 0.05) is 23.0 Å². The van der Waals surface area contributed by atoms with Crippen LogP contribution in [0, 0.1) is 19.7 Å². The summed E-state index contributed by atoms with van der Waals surface area (Å²) in [6, 6.07) is 8.90. The fourth-order valence-corrected chi connectivity index (χ4v) is 3.33. The van der Waals surface area contributed by atoms with Gasteiger partial charge in [0.15, 0.2) is 0 Å². The molecule has 21 heavy (non-hydrogen) atoms. The molecule has 3 aromatic rings. The van der Waals surface area contributed by atoms with E-state index < -0.39 is 0 Å². The summed E-state index contributed by atoms with van der Waals surface area (Å²) in [7, 11) is 0. The van der Waals surface area contributed by atoms with E-state index in [0.29, 0.717) is 16.1 Å². The Hall–Kier alpha value is -2.14. The highest BCUT2D eigenvalue weighted by Crippen LogP contribution is 2.36. The number of benzene rings is 1. The molecular weight excluding hydrogens is 285 g/mol. The highest BCUT2D eigenvalue weighted by Gasteiger charge is 2.14. The molecule has 0 amide bonds. The molecule has 106 valence electrons. The van der Waals surface area contributed by atoms with Gasteiger partial charge in [0.05, 0.1) is 10.4 Å². The van der Waals surface area contributed by atoms with Crippen molar-refractivity contribution in [3.05, 3.63) is 53.6 Å². The third kappa shape index (κ3) is 2.69. The summed E-state index contributed by atoms with van der Waals surface area (Å²) in [6.45, 7) is 3.92. The second-order valence-electron chi connectivity index (χ2n) is 4.90. The predicted octanol–water partition coefficient (Wildman–Crippen LogP) is 4.12. The summed E-state index contributed by atoms with van der Waals surface area (Å²) in [5.41, 5.74) is 8.83. The molecule has 0 bridgehead atoms. The van der Waals surface area contributed by atoms with Crippen LogP contribution in [0.15, 0.2) is 46.5 Å². The van der Waals surface area contributed by atoms with E-state index in [-0.39, 0.29) is 5.82 Å². The summed E-state index contributed by atoms with van der Waals surface area (Å²) in [6.07, 6.45) is 1.64. The van der Waals surface area contributed by atoms with Crippen molar-refractivity contribution >= 4 is 28.4 Å². The lowest BCUT2D eigenvalue weighted by atomic mass is 10.2. The Bertz CT molecular complexity index is 813. The molecule has 3 rings (SSSR count). The summed E-state index contributed by atoms with van der Waals surface area (Å²) >= 11 is 1.28. The molecule has 0 spiro atoms. The number of aromatic nitrogens is 2. The van der Waals surface area contributed by atoms with Crippen LogP contribution in [0.5, 0.6) is 0 Å². The lowest BCUT2D eigenvalue weighted by molar-refractivity contribution is 0.605. The first-order valence-electron chi connectivity index (χ1n) is 6.50. The van der Waals surface area contributed by atoms with Gasteiger partial charge in [-0.25, -0.2) is 9.37 Å². The number of fused-ring (bicyclic) bond motifs is 1. The molecule has 0 atom stereocenters. The van der Waals surface area contributed by atoms with Gasteiger partial charge in [0.25, 0.3) is 0 Å². The number of nitrogens with two attached hydrogens (primary N) is 1. The molecule has 0 saturated carbocycles. The number of hydrogen-bond acceptors (Lipinski definition) is 4. The number of nitrogens with zero attached hydrogens (tertiary/aromatic N) is 2. The van der Waals surface area contributed by atoms with Gasteiger partial charge in [-0.15, -0.1) is 0 Å². The molecule has 1 aromatic carbocycles. The molecular formula is C16H14FN3S. The van der Waals surface area contributed by atoms with E-state index in [1.54, 1.807) is 12.3 Å². The fourth-order valence-electron chi connectivity index (χ4n) is 2.27. The number of aryl methyl sites for hydroxylation is 2. The van der Waals surface area contributed by atoms with Crippen molar-refractivity contribution in [2.24, 2.45) is 0 Å². The minimum absolute atomic E-state index is 0.371. The number of pyridine rings is 2. The van der Waals surface area contributed by atoms with E-state index in [4.69, 9.17) is 5.73 Å². The van der Waals surface area contributed by atoms with E-state index in [2.05, 4.69) is 9.97 Å². The Labute approximate surface area is 126 Å². The average molecular weight is 299 g/mol. The third-order valence-electron chi connectivity index (χ3n) is 3.11. The maximum Gasteiger partial charge on any atom is 0.141 e. The predicted molar refractivity (Wildman–Crippen MR) is 83.9 cm³/mol. The van der Waals surface area contributed by atoms with Crippen LogP contribution in [-0.2, 0) is 0 Å². The molecule has 3 nitrogen and oxygen atoms in total. The van der Waals surface area contributed by atoms with Gasteiger partial charge in [0.2, 0.25) is 0 Å². The maximum atomic E-state index is 14.3. The molecule has 0 aliphatic carbocycles. The lowest BCUT2D eigenvalue weighted by Crippen LogP contribution is -1.95. The fraction of sp³-hybridized carbons (Fsp3) is 0.125. The number of rotatable bonds is 2. The van der Waals surface area contributed by atoms with Crippen LogP contribution in [0.3, 0.4) is 0 Å². The van der Waals surface area contributed by atoms with Gasteiger partial charge < -0.3 is 5.73 Å². The zero-order chi connectivity index (χ0) is 15.0. The van der Waals surface area contributed by atoms with Gasteiger partial charge in [-0.1, -0.05) is 11.8 Å². The average Bonchev–Trinajstić information content (AvgIpc) is 2.42. The summed E-state index contributed by atoms with van der Waals surface area (Å²) in [5.74, 6) is -0.371. The number of nitrogen functional groups attached to an aromatic ring is 1. The van der Waals surface area contributed by atoms with Crippen LogP contribution in [0.2, 0.25) is 0 Å². The second-order valence-corrected chi connectivity index (χ2v) is 5.93. The topological polar surface area (TPSA) is 51.8 Å². The van der Waals surface area contributed by atoms with E-state index in [0.717, 1.165) is 21.7 Å². The van der Waals surface area contributed by atoms with Crippen LogP contribution in [0.4, 0.5) is 10.1 Å². The zero-order valence-electron chi connectivity index (χ0n) is 11.7. The first-order chi connectivity index (χ1) is 10.0. The SMILES string of the molecule is Cc1cc(C)nc(Sc2c(F)cc(N)c3cccnc23)c1. The Balaban J connectivity index is 2.16. The normalized spacial score (nSPS) is 11.0. The number of hydrogen-bond donors (Lipinski definition) is 1. The van der Waals surface area contributed by atoms with Crippen molar-refractivity contribution in [3.8, 4) is 0 Å². The number of halogens is 1. The first kappa shape index (κ1) is 13.8. The molecule has 5 heteroatoms. The summed E-state index contributed by atoms with van der Waals surface area (Å²) in [4.78, 5) is 9.17. The van der Waals surface area contributed by atoms with Crippen molar-refractivity contribution in [1.82, 2.24) is 9.97 Å². The molecule has 0 unspecified atom stereocenters. The smallest absolute Gasteiger partial charge is 0.141 e. The van der Waals surface area contributed by atoms with Crippen LogP contribution in [0.25, 0.3) is 10.9 Å². The molecule has 2 N–H and O–H groups in total. The Morgan fingerprint density at radius 2 is 2.00 bits per heavy atom. The summed E-state index contributed by atoms with van der Waals surface area (Å²) in [5, 5.41) is 1.51. The largest absolute Gasteiger partial charge is 0.398 e. The van der Waals surface area contributed by atoms with Crippen molar-refractivity contribution in [1.29, 1.82) is 0 Å². The molecule has 0 aliphatic rings. The van der Waals surface area contributed by atoms with Crippen LogP contribution < -0.4 is 5.73 Å². The molecule has 0 aliphatic heterocycles. The van der Waals surface area contributed by atoms with Crippen molar-refractivity contribution in [2.75, 3.05) is 5.73 Å². The molecule has 0 fully saturated rings. The molecule has 2 aromatic heterocycles. The van der Waals surface area contributed by atoms with Crippen molar-refractivity contribution in [2.45, 2.75) is 23.8 Å².